The molecule has 14 nitrogen and oxygen atoms in total. The number of ether oxygens (including phenoxy) is 4. The summed E-state index contributed by atoms with van der Waals surface area (Å²) < 4.78 is 22.8. The van der Waals surface area contributed by atoms with E-state index in [-0.39, 0.29) is 18.9 Å². The van der Waals surface area contributed by atoms with E-state index >= 15 is 0 Å². The van der Waals surface area contributed by atoms with Gasteiger partial charge in [0.25, 0.3) is 0 Å². The summed E-state index contributed by atoms with van der Waals surface area (Å²) in [7, 11) is 0. The second-order valence-electron chi connectivity index (χ2n) is 25.0. The Hall–Kier alpha value is -2.31. The molecule has 1 amide bonds. The molecule has 9 N–H and O–H groups in total. The predicted molar refractivity (Wildman–Crippen MR) is 350 cm³/mol. The van der Waals surface area contributed by atoms with Crippen molar-refractivity contribution in [2.24, 2.45) is 0 Å². The van der Waals surface area contributed by atoms with Crippen molar-refractivity contribution in [3.05, 3.63) is 60.8 Å². The number of nitrogens with one attached hydrogen (secondary N) is 1. The second-order valence-corrected chi connectivity index (χ2v) is 25.0. The molecule has 2 aliphatic rings. The lowest BCUT2D eigenvalue weighted by atomic mass is 9.97. The third-order valence-electron chi connectivity index (χ3n) is 17.2. The van der Waals surface area contributed by atoms with E-state index in [1.54, 1.807) is 6.08 Å². The van der Waals surface area contributed by atoms with Gasteiger partial charge >= 0.3 is 0 Å². The minimum atomic E-state index is -1.80. The lowest BCUT2D eigenvalue weighted by molar-refractivity contribution is -0.359. The Morgan fingerprint density at radius 2 is 0.779 bits per heavy atom. The monoisotopic (exact) mass is 1220 g/mol. The summed E-state index contributed by atoms with van der Waals surface area (Å²) in [4.78, 5) is 13.3. The molecule has 0 aromatic rings. The van der Waals surface area contributed by atoms with Crippen molar-refractivity contribution in [3.8, 4) is 0 Å². The van der Waals surface area contributed by atoms with Crippen molar-refractivity contribution in [1.82, 2.24) is 5.32 Å². The smallest absolute Gasteiger partial charge is 0.220 e. The zero-order valence-electron chi connectivity index (χ0n) is 54.6. The van der Waals surface area contributed by atoms with Gasteiger partial charge in [0.15, 0.2) is 12.6 Å². The Morgan fingerprint density at radius 1 is 0.419 bits per heavy atom. The summed E-state index contributed by atoms with van der Waals surface area (Å²) in [5.74, 6) is -0.254. The van der Waals surface area contributed by atoms with E-state index in [1.165, 1.54) is 212 Å². The van der Waals surface area contributed by atoms with Crippen LogP contribution in [0.2, 0.25) is 0 Å². The summed E-state index contributed by atoms with van der Waals surface area (Å²) in [5.41, 5.74) is 0. The molecule has 502 valence electrons. The van der Waals surface area contributed by atoms with Crippen LogP contribution >= 0.6 is 0 Å². The first-order valence-corrected chi connectivity index (χ1v) is 35.5. The van der Waals surface area contributed by atoms with Crippen molar-refractivity contribution < 1.29 is 64.6 Å². The van der Waals surface area contributed by atoms with E-state index in [0.29, 0.717) is 12.8 Å². The van der Waals surface area contributed by atoms with Crippen molar-refractivity contribution >= 4 is 5.91 Å². The van der Waals surface area contributed by atoms with Crippen LogP contribution in [0, 0.1) is 0 Å². The zero-order chi connectivity index (χ0) is 62.3. The molecule has 2 saturated heterocycles. The van der Waals surface area contributed by atoms with Crippen LogP contribution in [0.15, 0.2) is 60.8 Å². The Labute approximate surface area is 524 Å². The molecule has 2 heterocycles. The minimum Gasteiger partial charge on any atom is -0.394 e. The summed E-state index contributed by atoms with van der Waals surface area (Å²) in [6.45, 7) is 2.80. The van der Waals surface area contributed by atoms with Crippen LogP contribution in [0.5, 0.6) is 0 Å². The molecule has 0 aromatic heterocycles. The van der Waals surface area contributed by atoms with Crippen molar-refractivity contribution in [1.29, 1.82) is 0 Å². The van der Waals surface area contributed by atoms with Gasteiger partial charge in [0.1, 0.15) is 48.8 Å². The quantitative estimate of drug-likeness (QED) is 0.0204. The fraction of sp³-hybridized carbons (Fsp3) is 0.847. The molecule has 2 fully saturated rings. The summed E-state index contributed by atoms with van der Waals surface area (Å²) in [6, 6.07) is -0.943. The van der Waals surface area contributed by atoms with Crippen LogP contribution < -0.4 is 5.32 Å². The predicted octanol–water partition coefficient (Wildman–Crippen LogP) is 14.5. The fourth-order valence-corrected chi connectivity index (χ4v) is 11.5. The van der Waals surface area contributed by atoms with Crippen LogP contribution in [0.25, 0.3) is 0 Å². The van der Waals surface area contributed by atoms with Gasteiger partial charge in [-0.1, -0.05) is 274 Å². The highest BCUT2D eigenvalue weighted by Crippen LogP contribution is 2.30. The van der Waals surface area contributed by atoms with Gasteiger partial charge in [0.05, 0.1) is 32.0 Å². The number of rotatable bonds is 58. The van der Waals surface area contributed by atoms with Gasteiger partial charge in [0.2, 0.25) is 5.91 Å². The van der Waals surface area contributed by atoms with Crippen LogP contribution in [-0.4, -0.2) is 140 Å². The molecule has 0 saturated carbocycles. The number of aliphatic hydroxyl groups is 8. The summed E-state index contributed by atoms with van der Waals surface area (Å²) in [6.07, 6.45) is 58.5. The third kappa shape index (κ3) is 40.4. The molecule has 2 rings (SSSR count). The standard InChI is InChI=1S/C72H131NO13/c1-3-5-7-9-11-13-15-17-19-21-23-25-27-28-29-30-31-32-34-35-37-39-41-43-45-47-49-51-53-55-61(76)60(59-83-71-69(82)67(80)70(63(58-75)85-71)86-72-68(81)66(79)65(78)62(57-74)84-72)73-64(77)56-54-52-50-48-46-44-42-40-38-36-33-26-24-22-20-18-16-14-12-10-8-6-4-2/h16,18,22,24,37,39,45,47,53,55,60-63,65-72,74-76,78-82H,3-15,17,19-21,23,25-36,38,40-44,46,48-52,54,56-59H2,1-2H3,(H,73,77)/b18-16-,24-22-,39-37+,47-45+,55-53+. The van der Waals surface area contributed by atoms with Gasteiger partial charge in [0, 0.05) is 6.42 Å². The Bertz CT molecular complexity index is 1670. The number of hydrogen-bond acceptors (Lipinski definition) is 13. The van der Waals surface area contributed by atoms with Crippen molar-refractivity contribution in [2.45, 2.75) is 370 Å². The normalized spacial score (nSPS) is 23.7. The number of carbonyl (C=O) groups is 1. The highest BCUT2D eigenvalue weighted by atomic mass is 16.7. The number of amides is 1. The maximum atomic E-state index is 13.3. The van der Waals surface area contributed by atoms with Crippen LogP contribution in [0.1, 0.15) is 296 Å². The van der Waals surface area contributed by atoms with Crippen LogP contribution in [0.4, 0.5) is 0 Å². The summed E-state index contributed by atoms with van der Waals surface area (Å²) in [5, 5.41) is 87.4. The number of unbranched alkanes of at least 4 members (excludes halogenated alkanes) is 37. The molecule has 0 spiro atoms. The maximum Gasteiger partial charge on any atom is 0.220 e. The molecule has 0 radical (unpaired) electrons. The highest BCUT2D eigenvalue weighted by Gasteiger charge is 2.51. The van der Waals surface area contributed by atoms with E-state index in [0.717, 1.165) is 51.4 Å². The Kier molecular flexibility index (Phi) is 52.6. The lowest BCUT2D eigenvalue weighted by Crippen LogP contribution is -2.65. The Balaban J connectivity index is 1.71. The summed E-state index contributed by atoms with van der Waals surface area (Å²) >= 11 is 0. The van der Waals surface area contributed by atoms with Gasteiger partial charge in [-0.15, -0.1) is 0 Å². The fourth-order valence-electron chi connectivity index (χ4n) is 11.5. The first-order chi connectivity index (χ1) is 42.1. The molecule has 12 unspecified atom stereocenters. The molecule has 12 atom stereocenters. The van der Waals surface area contributed by atoms with E-state index in [1.807, 2.05) is 6.08 Å². The lowest BCUT2D eigenvalue weighted by Gasteiger charge is -2.46. The van der Waals surface area contributed by atoms with Gasteiger partial charge in [-0.25, -0.2) is 0 Å². The van der Waals surface area contributed by atoms with Crippen LogP contribution in [-0.2, 0) is 23.7 Å². The highest BCUT2D eigenvalue weighted by molar-refractivity contribution is 5.76. The van der Waals surface area contributed by atoms with Gasteiger partial charge in [-0.2, -0.15) is 0 Å². The van der Waals surface area contributed by atoms with Crippen molar-refractivity contribution in [2.75, 3.05) is 19.8 Å². The number of allylic oxidation sites excluding steroid dienone is 9. The van der Waals surface area contributed by atoms with Gasteiger partial charge < -0.3 is 65.1 Å². The van der Waals surface area contributed by atoms with Gasteiger partial charge in [-0.3, -0.25) is 4.79 Å². The molecule has 2 aliphatic heterocycles. The van der Waals surface area contributed by atoms with E-state index in [2.05, 4.69) is 67.8 Å². The average Bonchev–Trinajstić information content (AvgIpc) is 2.54. The molecule has 0 aliphatic carbocycles. The number of aliphatic hydroxyl groups excluding tert-OH is 8. The number of carbonyl (C=O) groups excluding carboxylic acids is 1. The molecule has 14 heteroatoms. The number of hydrogen-bond donors (Lipinski definition) is 9. The largest absolute Gasteiger partial charge is 0.394 e. The minimum absolute atomic E-state index is 0.254. The van der Waals surface area contributed by atoms with E-state index in [4.69, 9.17) is 18.9 Å². The average molecular weight is 1220 g/mol. The van der Waals surface area contributed by atoms with Crippen molar-refractivity contribution in [3.63, 3.8) is 0 Å². The van der Waals surface area contributed by atoms with Gasteiger partial charge in [-0.05, 0) is 77.0 Å². The molecule has 86 heavy (non-hydrogen) atoms. The molecule has 0 aromatic carbocycles. The second kappa shape index (κ2) is 56.7. The van der Waals surface area contributed by atoms with E-state index < -0.39 is 86.8 Å². The molecular weight excluding hydrogens is 1090 g/mol. The topological polar surface area (TPSA) is 228 Å². The SMILES string of the molecule is CCCCCCC/C=C\C/C=C\CCCCCCCCCCCCCC(=O)NC(COC1OC(CO)C(OC2OC(CO)C(O)C(O)C2O)C(O)C1O)C(O)/C=C/CC/C=C/CC/C=C/CCCCCCCCCCCCCCCCCCCCC. The zero-order valence-corrected chi connectivity index (χ0v) is 54.6. The maximum absolute atomic E-state index is 13.3. The molecular formula is C72H131NO13. The first-order valence-electron chi connectivity index (χ1n) is 35.5. The van der Waals surface area contributed by atoms with Crippen LogP contribution in [0.3, 0.4) is 0 Å². The third-order valence-corrected chi connectivity index (χ3v) is 17.2. The van der Waals surface area contributed by atoms with E-state index in [9.17, 15) is 45.6 Å². The first kappa shape index (κ1) is 79.8. The Morgan fingerprint density at radius 3 is 1.21 bits per heavy atom. The molecule has 0 bridgehead atoms.